The molecular weight excluding hydrogens is 363 g/mol. The van der Waals surface area contributed by atoms with Crippen LogP contribution in [0.3, 0.4) is 0 Å². The highest BCUT2D eigenvalue weighted by molar-refractivity contribution is 5.78. The highest BCUT2D eigenvalue weighted by Crippen LogP contribution is 2.38. The van der Waals surface area contributed by atoms with E-state index in [0.29, 0.717) is 37.1 Å². The Morgan fingerprint density at radius 2 is 2.11 bits per heavy atom. The maximum Gasteiger partial charge on any atom is 0.227 e. The van der Waals surface area contributed by atoms with Gasteiger partial charge in [-0.1, -0.05) is 17.3 Å². The summed E-state index contributed by atoms with van der Waals surface area (Å²) in [4.78, 5) is 30.2. The number of piperidine rings is 1. The summed E-state index contributed by atoms with van der Waals surface area (Å²) in [5.41, 5.74) is 0.276. The van der Waals surface area contributed by atoms with E-state index in [0.717, 1.165) is 12.8 Å². The standard InChI is InChI=1S/C20H23FN4O3/c1-25(14-8-12-10-17(26)22-11-13(12)9-14)19(27)7-6-18-23-20(24-28-18)15-4-2-3-5-16(15)21/h2-5,12-14H,6-11H2,1H3,(H,22,26)/t12-,13+,14-/m0/s1. The number of hydrogen-bond donors (Lipinski definition) is 1. The molecule has 1 aliphatic carbocycles. The molecule has 4 rings (SSSR count). The highest BCUT2D eigenvalue weighted by Gasteiger charge is 2.40. The van der Waals surface area contributed by atoms with Crippen LogP contribution < -0.4 is 5.32 Å². The Morgan fingerprint density at radius 1 is 1.32 bits per heavy atom. The summed E-state index contributed by atoms with van der Waals surface area (Å²) in [5.74, 6) is 1.03. The lowest BCUT2D eigenvalue weighted by atomic mass is 9.89. The molecule has 3 atom stereocenters. The molecule has 2 fully saturated rings. The Morgan fingerprint density at radius 3 is 2.93 bits per heavy atom. The molecule has 1 saturated heterocycles. The van der Waals surface area contributed by atoms with Crippen molar-refractivity contribution in [2.24, 2.45) is 11.8 Å². The van der Waals surface area contributed by atoms with Gasteiger partial charge in [0.05, 0.1) is 5.56 Å². The number of fused-ring (bicyclic) bond motifs is 1. The number of carbonyl (C=O) groups excluding carboxylic acids is 2. The van der Waals surface area contributed by atoms with E-state index < -0.39 is 5.82 Å². The molecule has 1 N–H and O–H groups in total. The van der Waals surface area contributed by atoms with Gasteiger partial charge in [0.15, 0.2) is 0 Å². The molecule has 0 unspecified atom stereocenters. The van der Waals surface area contributed by atoms with Crippen LogP contribution in [0.4, 0.5) is 4.39 Å². The van der Waals surface area contributed by atoms with Crippen molar-refractivity contribution >= 4 is 11.8 Å². The number of aryl methyl sites for hydroxylation is 1. The summed E-state index contributed by atoms with van der Waals surface area (Å²) in [6, 6.07) is 6.38. The summed E-state index contributed by atoms with van der Waals surface area (Å²) < 4.78 is 19.0. The topological polar surface area (TPSA) is 88.3 Å². The second-order valence-electron chi connectivity index (χ2n) is 7.65. The number of amides is 2. The summed E-state index contributed by atoms with van der Waals surface area (Å²) >= 11 is 0. The van der Waals surface area contributed by atoms with E-state index in [1.165, 1.54) is 6.07 Å². The predicted octanol–water partition coefficient (Wildman–Crippen LogP) is 2.18. The van der Waals surface area contributed by atoms with Crippen LogP contribution in [0.5, 0.6) is 0 Å². The second-order valence-corrected chi connectivity index (χ2v) is 7.65. The molecule has 0 bridgehead atoms. The first-order chi connectivity index (χ1) is 13.5. The zero-order valence-corrected chi connectivity index (χ0v) is 15.7. The molecule has 28 heavy (non-hydrogen) atoms. The normalized spacial score (nSPS) is 23.9. The van der Waals surface area contributed by atoms with Gasteiger partial charge < -0.3 is 14.7 Å². The number of rotatable bonds is 5. The zero-order valence-electron chi connectivity index (χ0n) is 15.7. The van der Waals surface area contributed by atoms with E-state index in [1.807, 2.05) is 7.05 Å². The van der Waals surface area contributed by atoms with E-state index >= 15 is 0 Å². The molecule has 0 spiro atoms. The maximum atomic E-state index is 13.8. The first kappa shape index (κ1) is 18.6. The fraction of sp³-hybridized carbons (Fsp3) is 0.500. The predicted molar refractivity (Wildman–Crippen MR) is 98.4 cm³/mol. The number of aromatic nitrogens is 2. The molecule has 7 nitrogen and oxygen atoms in total. The van der Waals surface area contributed by atoms with Crippen molar-refractivity contribution in [3.8, 4) is 11.4 Å². The van der Waals surface area contributed by atoms with Gasteiger partial charge in [-0.25, -0.2) is 4.39 Å². The van der Waals surface area contributed by atoms with Crippen molar-refractivity contribution in [3.05, 3.63) is 36.0 Å². The third-order valence-corrected chi connectivity index (χ3v) is 5.90. The highest BCUT2D eigenvalue weighted by atomic mass is 19.1. The summed E-state index contributed by atoms with van der Waals surface area (Å²) in [6.45, 7) is 0.711. The van der Waals surface area contributed by atoms with Gasteiger partial charge in [-0.2, -0.15) is 4.98 Å². The number of hydrogen-bond acceptors (Lipinski definition) is 5. The molecule has 8 heteroatoms. The van der Waals surface area contributed by atoms with Gasteiger partial charge in [0.1, 0.15) is 5.82 Å². The SMILES string of the molecule is CN(C(=O)CCc1nc(-c2ccccc2F)no1)[C@H]1C[C@H]2CC(=O)NC[C@H]2C1. The number of nitrogens with zero attached hydrogens (tertiary/aromatic N) is 3. The largest absolute Gasteiger partial charge is 0.356 e. The van der Waals surface area contributed by atoms with Crippen molar-refractivity contribution in [1.82, 2.24) is 20.4 Å². The summed E-state index contributed by atoms with van der Waals surface area (Å²) in [7, 11) is 1.82. The number of carbonyl (C=O) groups is 2. The molecule has 2 aliphatic rings. The fourth-order valence-corrected chi connectivity index (χ4v) is 4.25. The van der Waals surface area contributed by atoms with Crippen molar-refractivity contribution < 1.29 is 18.5 Å². The lowest BCUT2D eigenvalue weighted by molar-refractivity contribution is -0.132. The van der Waals surface area contributed by atoms with Crippen molar-refractivity contribution in [1.29, 1.82) is 0 Å². The smallest absolute Gasteiger partial charge is 0.227 e. The van der Waals surface area contributed by atoms with Gasteiger partial charge in [-0.05, 0) is 36.8 Å². The third kappa shape index (κ3) is 3.76. The van der Waals surface area contributed by atoms with Crippen LogP contribution in [0.2, 0.25) is 0 Å². The summed E-state index contributed by atoms with van der Waals surface area (Å²) in [6.07, 6.45) is 2.91. The number of halogens is 1. The average Bonchev–Trinajstić information content (AvgIpc) is 3.32. The molecule has 1 aliphatic heterocycles. The van der Waals surface area contributed by atoms with E-state index in [2.05, 4.69) is 15.5 Å². The van der Waals surface area contributed by atoms with Crippen LogP contribution in [-0.2, 0) is 16.0 Å². The molecule has 2 aromatic rings. The Hall–Kier alpha value is -2.77. The van der Waals surface area contributed by atoms with Crippen LogP contribution in [-0.4, -0.2) is 46.5 Å². The zero-order chi connectivity index (χ0) is 19.7. The Balaban J connectivity index is 1.32. The van der Waals surface area contributed by atoms with Crippen molar-refractivity contribution in [2.45, 2.75) is 38.1 Å². The van der Waals surface area contributed by atoms with Gasteiger partial charge in [0.2, 0.25) is 23.5 Å². The van der Waals surface area contributed by atoms with Gasteiger partial charge in [0, 0.05) is 38.9 Å². The van der Waals surface area contributed by atoms with Gasteiger partial charge >= 0.3 is 0 Å². The van der Waals surface area contributed by atoms with Crippen LogP contribution in [0, 0.1) is 17.7 Å². The first-order valence-corrected chi connectivity index (χ1v) is 9.61. The maximum absolute atomic E-state index is 13.8. The lowest BCUT2D eigenvalue weighted by Crippen LogP contribution is -2.38. The van der Waals surface area contributed by atoms with Crippen LogP contribution in [0.25, 0.3) is 11.4 Å². The van der Waals surface area contributed by atoms with Crippen LogP contribution in [0.15, 0.2) is 28.8 Å². The Labute approximate surface area is 162 Å². The average molecular weight is 386 g/mol. The van der Waals surface area contributed by atoms with Gasteiger partial charge in [0.25, 0.3) is 0 Å². The van der Waals surface area contributed by atoms with Crippen LogP contribution in [0.1, 0.15) is 31.6 Å². The number of benzene rings is 1. The molecule has 1 aromatic heterocycles. The molecule has 2 heterocycles. The number of nitrogens with one attached hydrogen (secondary N) is 1. The van der Waals surface area contributed by atoms with Gasteiger partial charge in [-0.15, -0.1) is 0 Å². The van der Waals surface area contributed by atoms with E-state index in [1.54, 1.807) is 23.1 Å². The first-order valence-electron chi connectivity index (χ1n) is 9.61. The fourth-order valence-electron chi connectivity index (χ4n) is 4.25. The van der Waals surface area contributed by atoms with Gasteiger partial charge in [-0.3, -0.25) is 9.59 Å². The van der Waals surface area contributed by atoms with E-state index in [9.17, 15) is 14.0 Å². The Kier molecular flexibility index (Phi) is 5.11. The van der Waals surface area contributed by atoms with E-state index in [4.69, 9.17) is 4.52 Å². The minimum atomic E-state index is -0.415. The summed E-state index contributed by atoms with van der Waals surface area (Å²) in [5, 5.41) is 6.73. The third-order valence-electron chi connectivity index (χ3n) is 5.90. The Bertz CT molecular complexity index is 884. The van der Waals surface area contributed by atoms with E-state index in [-0.39, 0.29) is 35.7 Å². The minimum Gasteiger partial charge on any atom is -0.356 e. The van der Waals surface area contributed by atoms with Crippen molar-refractivity contribution in [2.75, 3.05) is 13.6 Å². The quantitative estimate of drug-likeness (QED) is 0.851. The molecule has 0 radical (unpaired) electrons. The van der Waals surface area contributed by atoms with Crippen molar-refractivity contribution in [3.63, 3.8) is 0 Å². The second kappa shape index (κ2) is 7.69. The molecule has 1 aromatic carbocycles. The lowest BCUT2D eigenvalue weighted by Gasteiger charge is -2.24. The molecule has 2 amide bonds. The molecule has 148 valence electrons. The van der Waals surface area contributed by atoms with Crippen LogP contribution >= 0.6 is 0 Å². The minimum absolute atomic E-state index is 0.00794. The monoisotopic (exact) mass is 386 g/mol. The molecule has 1 saturated carbocycles. The molecular formula is C20H23FN4O3.